The number of benzene rings is 1. The summed E-state index contributed by atoms with van der Waals surface area (Å²) in [5.74, 6) is 0. The molecular weight excluding hydrogens is 306 g/mol. The van der Waals surface area contributed by atoms with Crippen LogP contribution in [0.1, 0.15) is 39.3 Å². The molecule has 1 aromatic carbocycles. The third-order valence-corrected chi connectivity index (χ3v) is 2.93. The first-order valence-corrected chi connectivity index (χ1v) is 6.88. The summed E-state index contributed by atoms with van der Waals surface area (Å²) in [7, 11) is 0. The van der Waals surface area contributed by atoms with Gasteiger partial charge in [0.2, 0.25) is 6.04 Å². The third kappa shape index (κ3) is 5.53. The summed E-state index contributed by atoms with van der Waals surface area (Å²) in [6.07, 6.45) is -0.831. The van der Waals surface area contributed by atoms with Crippen molar-refractivity contribution in [3.05, 3.63) is 50.1 Å². The molecule has 1 amide bonds. The lowest BCUT2D eigenvalue weighted by Gasteiger charge is -2.24. The molecule has 0 heterocycles. The monoisotopic (exact) mass is 325 g/mol. The second-order valence-electron chi connectivity index (χ2n) is 6.00. The van der Waals surface area contributed by atoms with Gasteiger partial charge in [0.1, 0.15) is 11.6 Å². The van der Waals surface area contributed by atoms with Crippen LogP contribution < -0.4 is 5.32 Å². The number of nitrogens with one attached hydrogen (secondary N) is 1. The Morgan fingerprint density at radius 3 is 2.35 bits per heavy atom. The highest BCUT2D eigenvalue weighted by atomic mass is 16.6. The molecule has 0 aliphatic carbocycles. The minimum atomic E-state index is -1.19. The van der Waals surface area contributed by atoms with E-state index in [1.165, 1.54) is 31.2 Å². The molecular formula is C14H19N3O6. The molecule has 0 saturated carbocycles. The summed E-state index contributed by atoms with van der Waals surface area (Å²) in [4.78, 5) is 32.7. The van der Waals surface area contributed by atoms with E-state index >= 15 is 0 Å². The number of carbonyl (C=O) groups is 1. The third-order valence-electron chi connectivity index (χ3n) is 2.93. The number of nitrogens with zero attached hydrogens (tertiary/aromatic N) is 2. The number of ether oxygens (including phenoxy) is 1. The molecule has 1 N–H and O–H groups in total. The van der Waals surface area contributed by atoms with E-state index in [2.05, 4.69) is 5.32 Å². The minimum absolute atomic E-state index is 0.214. The Morgan fingerprint density at radius 2 is 1.87 bits per heavy atom. The molecule has 9 nitrogen and oxygen atoms in total. The highest BCUT2D eigenvalue weighted by molar-refractivity contribution is 5.68. The van der Waals surface area contributed by atoms with Crippen molar-refractivity contribution >= 4 is 11.8 Å². The quantitative estimate of drug-likeness (QED) is 0.655. The van der Waals surface area contributed by atoms with Gasteiger partial charge in [0.25, 0.3) is 5.69 Å². The van der Waals surface area contributed by atoms with E-state index in [4.69, 9.17) is 4.74 Å². The Kier molecular flexibility index (Phi) is 5.61. The number of hydrogen-bond acceptors (Lipinski definition) is 6. The summed E-state index contributed by atoms with van der Waals surface area (Å²) < 4.78 is 5.09. The van der Waals surface area contributed by atoms with Gasteiger partial charge in [-0.3, -0.25) is 20.2 Å². The van der Waals surface area contributed by atoms with Crippen LogP contribution in [0.5, 0.6) is 0 Å². The molecule has 0 bridgehead atoms. The molecule has 0 aromatic heterocycles. The van der Waals surface area contributed by atoms with Crippen LogP contribution in [0.25, 0.3) is 0 Å². The highest BCUT2D eigenvalue weighted by Crippen LogP contribution is 2.23. The molecule has 0 saturated heterocycles. The van der Waals surface area contributed by atoms with E-state index in [-0.39, 0.29) is 11.3 Å². The Labute approximate surface area is 132 Å². The maximum Gasteiger partial charge on any atom is 0.408 e. The zero-order valence-corrected chi connectivity index (χ0v) is 13.3. The van der Waals surface area contributed by atoms with Crippen LogP contribution in [0.2, 0.25) is 0 Å². The Morgan fingerprint density at radius 1 is 1.26 bits per heavy atom. The molecule has 1 rings (SSSR count). The number of nitro groups is 2. The SMILES string of the molecule is C[C@@H]([C@H](NC(=O)OC(C)(C)C)c1cccc([N+](=O)[O-])c1)[N+](=O)[O-]. The van der Waals surface area contributed by atoms with Crippen LogP contribution >= 0.6 is 0 Å². The minimum Gasteiger partial charge on any atom is -0.444 e. The van der Waals surface area contributed by atoms with Crippen molar-refractivity contribution < 1.29 is 19.4 Å². The summed E-state index contributed by atoms with van der Waals surface area (Å²) in [6.45, 7) is 6.28. The number of rotatable bonds is 5. The Balaban J connectivity index is 3.11. The Hall–Kier alpha value is -2.71. The molecule has 0 aliphatic heterocycles. The van der Waals surface area contributed by atoms with Gasteiger partial charge in [0, 0.05) is 24.0 Å². The molecule has 0 radical (unpaired) electrons. The number of non-ortho nitro benzene ring substituents is 1. The number of alkyl carbamates (subject to hydrolysis) is 1. The van der Waals surface area contributed by atoms with E-state index in [0.717, 1.165) is 0 Å². The van der Waals surface area contributed by atoms with Crippen molar-refractivity contribution in [2.75, 3.05) is 0 Å². The van der Waals surface area contributed by atoms with Gasteiger partial charge in [-0.2, -0.15) is 0 Å². The van der Waals surface area contributed by atoms with Gasteiger partial charge in [-0.1, -0.05) is 12.1 Å². The van der Waals surface area contributed by atoms with Gasteiger partial charge >= 0.3 is 6.09 Å². The fraction of sp³-hybridized carbons (Fsp3) is 0.500. The fourth-order valence-electron chi connectivity index (χ4n) is 1.87. The van der Waals surface area contributed by atoms with Crippen molar-refractivity contribution in [3.63, 3.8) is 0 Å². The summed E-state index contributed by atoms with van der Waals surface area (Å²) in [6, 6.07) is 3.11. The van der Waals surface area contributed by atoms with Crippen molar-refractivity contribution in [1.82, 2.24) is 5.32 Å². The van der Waals surface area contributed by atoms with E-state index in [9.17, 15) is 25.0 Å². The molecule has 23 heavy (non-hydrogen) atoms. The maximum atomic E-state index is 11.9. The number of hydrogen-bond donors (Lipinski definition) is 1. The average Bonchev–Trinajstić information content (AvgIpc) is 2.42. The second kappa shape index (κ2) is 7.03. The predicted molar refractivity (Wildman–Crippen MR) is 81.7 cm³/mol. The van der Waals surface area contributed by atoms with Crippen LogP contribution in [0.15, 0.2) is 24.3 Å². The van der Waals surface area contributed by atoms with Crippen LogP contribution in [0.3, 0.4) is 0 Å². The van der Waals surface area contributed by atoms with E-state index in [1.54, 1.807) is 20.8 Å². The lowest BCUT2D eigenvalue weighted by molar-refractivity contribution is -0.523. The van der Waals surface area contributed by atoms with Gasteiger partial charge in [-0.15, -0.1) is 0 Å². The highest BCUT2D eigenvalue weighted by Gasteiger charge is 2.32. The van der Waals surface area contributed by atoms with Crippen LogP contribution in [0, 0.1) is 20.2 Å². The van der Waals surface area contributed by atoms with Crippen molar-refractivity contribution in [1.29, 1.82) is 0 Å². The second-order valence-corrected chi connectivity index (χ2v) is 6.00. The van der Waals surface area contributed by atoms with Crippen molar-refractivity contribution in [3.8, 4) is 0 Å². The van der Waals surface area contributed by atoms with Crippen molar-refractivity contribution in [2.45, 2.75) is 45.4 Å². The van der Waals surface area contributed by atoms with Gasteiger partial charge in [-0.05, 0) is 26.3 Å². The molecule has 9 heteroatoms. The molecule has 2 atom stereocenters. The maximum absolute atomic E-state index is 11.9. The molecule has 0 fully saturated rings. The van der Waals surface area contributed by atoms with E-state index in [0.29, 0.717) is 0 Å². The molecule has 1 aromatic rings. The van der Waals surface area contributed by atoms with Gasteiger partial charge < -0.3 is 10.1 Å². The number of nitro benzene ring substituents is 1. The summed E-state index contributed by atoms with van der Waals surface area (Å²) in [5, 5.41) is 24.3. The lowest BCUT2D eigenvalue weighted by Crippen LogP contribution is -2.41. The van der Waals surface area contributed by atoms with E-state index in [1.807, 2.05) is 0 Å². The number of carbonyl (C=O) groups excluding carboxylic acids is 1. The molecule has 0 spiro atoms. The molecule has 126 valence electrons. The Bertz CT molecular complexity index is 611. The van der Waals surface area contributed by atoms with Gasteiger partial charge in [0.05, 0.1) is 4.92 Å². The fourth-order valence-corrected chi connectivity index (χ4v) is 1.87. The van der Waals surface area contributed by atoms with Gasteiger partial charge in [0.15, 0.2) is 0 Å². The first-order valence-electron chi connectivity index (χ1n) is 6.88. The topological polar surface area (TPSA) is 125 Å². The summed E-state index contributed by atoms with van der Waals surface area (Å²) in [5.41, 5.74) is -0.724. The smallest absolute Gasteiger partial charge is 0.408 e. The molecule has 0 unspecified atom stereocenters. The molecule has 0 aliphatic rings. The summed E-state index contributed by atoms with van der Waals surface area (Å²) >= 11 is 0. The average molecular weight is 325 g/mol. The zero-order valence-electron chi connectivity index (χ0n) is 13.3. The van der Waals surface area contributed by atoms with Crippen LogP contribution in [0.4, 0.5) is 10.5 Å². The first kappa shape index (κ1) is 18.3. The van der Waals surface area contributed by atoms with Crippen molar-refractivity contribution in [2.24, 2.45) is 0 Å². The lowest BCUT2D eigenvalue weighted by atomic mass is 10.0. The zero-order chi connectivity index (χ0) is 17.8. The number of amides is 1. The first-order chi connectivity index (χ1) is 10.5. The van der Waals surface area contributed by atoms with Gasteiger partial charge in [-0.25, -0.2) is 4.79 Å². The predicted octanol–water partition coefficient (Wildman–Crippen LogP) is 2.83. The largest absolute Gasteiger partial charge is 0.444 e. The normalized spacial score (nSPS) is 13.7. The van der Waals surface area contributed by atoms with Crippen LogP contribution in [-0.4, -0.2) is 27.6 Å². The van der Waals surface area contributed by atoms with E-state index < -0.39 is 33.6 Å². The van der Waals surface area contributed by atoms with Crippen LogP contribution in [-0.2, 0) is 4.74 Å². The standard InChI is InChI=1S/C14H19N3O6/c1-9(16(19)20)12(15-13(18)23-14(2,3)4)10-6-5-7-11(8-10)17(21)22/h5-9,12H,1-4H3,(H,15,18)/t9-,12-/m0/s1.